The van der Waals surface area contributed by atoms with Crippen LogP contribution in [0.1, 0.15) is 23.4 Å². The first-order valence-corrected chi connectivity index (χ1v) is 6.57. The van der Waals surface area contributed by atoms with Crippen molar-refractivity contribution in [3.8, 4) is 0 Å². The zero-order valence-corrected chi connectivity index (χ0v) is 10.9. The summed E-state index contributed by atoms with van der Waals surface area (Å²) in [5.41, 5.74) is 6.53. The number of aryl methyl sites for hydroxylation is 1. The van der Waals surface area contributed by atoms with Crippen LogP contribution in [0.3, 0.4) is 0 Å². The first kappa shape index (κ1) is 13.1. The van der Waals surface area contributed by atoms with E-state index in [9.17, 15) is 5.11 Å². The van der Waals surface area contributed by atoms with E-state index >= 15 is 0 Å². The van der Waals surface area contributed by atoms with E-state index in [2.05, 4.69) is 16.2 Å². The zero-order chi connectivity index (χ0) is 13.0. The number of rotatable bonds is 5. The predicted molar refractivity (Wildman–Crippen MR) is 69.1 cm³/mol. The van der Waals surface area contributed by atoms with Crippen molar-refractivity contribution in [3.63, 3.8) is 0 Å². The number of hydrogen-bond donors (Lipinski definition) is 2. The van der Waals surface area contributed by atoms with Gasteiger partial charge in [0.05, 0.1) is 5.75 Å². The topological polar surface area (TPSA) is 85.2 Å². The molecular weight excluding hydrogens is 250 g/mol. The lowest BCUT2D eigenvalue weighted by Gasteiger charge is -1.99. The number of aromatic nitrogens is 2. The van der Waals surface area contributed by atoms with Gasteiger partial charge >= 0.3 is 0 Å². The highest BCUT2D eigenvalue weighted by Gasteiger charge is 2.14. The first-order valence-electron chi connectivity index (χ1n) is 5.59. The Morgan fingerprint density at radius 3 is 3.06 bits per heavy atom. The molecule has 0 radical (unpaired) electrons. The molecule has 0 aliphatic carbocycles. The molecule has 0 aliphatic heterocycles. The van der Waals surface area contributed by atoms with Crippen LogP contribution in [0.4, 0.5) is 0 Å². The lowest BCUT2D eigenvalue weighted by molar-refractivity contribution is 0.141. The Labute approximate surface area is 109 Å². The van der Waals surface area contributed by atoms with Crippen molar-refractivity contribution in [3.05, 3.63) is 41.5 Å². The average Bonchev–Trinajstić information content (AvgIpc) is 2.84. The van der Waals surface area contributed by atoms with Crippen LogP contribution in [0.2, 0.25) is 0 Å². The molecule has 3 N–H and O–H groups in total. The number of benzene rings is 1. The van der Waals surface area contributed by atoms with Gasteiger partial charge in [-0.15, -0.1) is 11.8 Å². The van der Waals surface area contributed by atoms with Gasteiger partial charge < -0.3 is 15.4 Å². The van der Waals surface area contributed by atoms with Crippen molar-refractivity contribution >= 4 is 11.8 Å². The minimum absolute atomic E-state index is 0.0760. The minimum Gasteiger partial charge on any atom is -0.382 e. The van der Waals surface area contributed by atoms with Crippen molar-refractivity contribution in [2.75, 3.05) is 6.54 Å². The molecule has 1 atom stereocenters. The molecule has 0 unspecified atom stereocenters. The molecule has 2 rings (SSSR count). The van der Waals surface area contributed by atoms with Crippen molar-refractivity contribution in [2.24, 2.45) is 5.73 Å². The Balaban J connectivity index is 1.96. The molecule has 1 aromatic carbocycles. The molecule has 0 amide bonds. The third-order valence-electron chi connectivity index (χ3n) is 2.35. The molecule has 5 nitrogen and oxygen atoms in total. The smallest absolute Gasteiger partial charge is 0.256 e. The van der Waals surface area contributed by atoms with Gasteiger partial charge in [0.25, 0.3) is 5.89 Å². The van der Waals surface area contributed by atoms with Crippen molar-refractivity contribution in [1.29, 1.82) is 0 Å². The van der Waals surface area contributed by atoms with Gasteiger partial charge in [0.1, 0.15) is 6.10 Å². The normalized spacial score (nSPS) is 12.6. The van der Waals surface area contributed by atoms with Gasteiger partial charge in [0.15, 0.2) is 5.82 Å². The van der Waals surface area contributed by atoms with Gasteiger partial charge in [0.2, 0.25) is 0 Å². The highest BCUT2D eigenvalue weighted by Crippen LogP contribution is 2.22. The average molecular weight is 265 g/mol. The van der Waals surface area contributed by atoms with Crippen LogP contribution in [-0.4, -0.2) is 21.8 Å². The van der Waals surface area contributed by atoms with Crippen LogP contribution in [-0.2, 0) is 5.75 Å². The van der Waals surface area contributed by atoms with Crippen LogP contribution >= 0.6 is 11.8 Å². The lowest BCUT2D eigenvalue weighted by atomic mass is 10.2. The van der Waals surface area contributed by atoms with E-state index in [4.69, 9.17) is 10.3 Å². The third kappa shape index (κ3) is 3.32. The highest BCUT2D eigenvalue weighted by atomic mass is 32.2. The second kappa shape index (κ2) is 5.99. The summed E-state index contributed by atoms with van der Waals surface area (Å²) in [5, 5.41) is 13.2. The Kier molecular flexibility index (Phi) is 4.35. The van der Waals surface area contributed by atoms with Crippen LogP contribution in [0.5, 0.6) is 0 Å². The lowest BCUT2D eigenvalue weighted by Crippen LogP contribution is -2.11. The Hall–Kier alpha value is -1.37. The van der Waals surface area contributed by atoms with Crippen molar-refractivity contribution < 1.29 is 9.63 Å². The molecule has 1 heterocycles. The van der Waals surface area contributed by atoms with Gasteiger partial charge in [-0.2, -0.15) is 4.98 Å². The Bertz CT molecular complexity index is 516. The van der Waals surface area contributed by atoms with Crippen LogP contribution in [0.15, 0.2) is 33.7 Å². The maximum Gasteiger partial charge on any atom is 0.256 e. The van der Waals surface area contributed by atoms with Gasteiger partial charge in [-0.3, -0.25) is 0 Å². The molecule has 0 aliphatic rings. The Morgan fingerprint density at radius 2 is 2.33 bits per heavy atom. The quantitative estimate of drug-likeness (QED) is 0.800. The van der Waals surface area contributed by atoms with E-state index in [0.29, 0.717) is 11.6 Å². The summed E-state index contributed by atoms with van der Waals surface area (Å²) in [4.78, 5) is 5.24. The van der Waals surface area contributed by atoms with Crippen LogP contribution < -0.4 is 5.73 Å². The molecule has 0 spiro atoms. The van der Waals surface area contributed by atoms with Crippen molar-refractivity contribution in [2.45, 2.75) is 23.7 Å². The first-order chi connectivity index (χ1) is 8.69. The summed E-state index contributed by atoms with van der Waals surface area (Å²) in [7, 11) is 0. The summed E-state index contributed by atoms with van der Waals surface area (Å²) >= 11 is 1.62. The summed E-state index contributed by atoms with van der Waals surface area (Å²) < 4.78 is 4.93. The largest absolute Gasteiger partial charge is 0.382 e. The standard InChI is InChI=1S/C12H15N3O2S/c1-8-3-2-4-9(5-8)18-7-11-14-12(17-15-11)10(16)6-13/h2-5,10,16H,6-7,13H2,1H3/t10-/m0/s1. The van der Waals surface area contributed by atoms with Gasteiger partial charge in [-0.1, -0.05) is 22.9 Å². The van der Waals surface area contributed by atoms with Gasteiger partial charge in [-0.25, -0.2) is 0 Å². The molecule has 0 bridgehead atoms. The molecule has 96 valence electrons. The minimum atomic E-state index is -0.879. The highest BCUT2D eigenvalue weighted by molar-refractivity contribution is 7.98. The number of aliphatic hydroxyl groups excluding tert-OH is 1. The van der Waals surface area contributed by atoms with Gasteiger partial charge in [0, 0.05) is 11.4 Å². The number of thioether (sulfide) groups is 1. The van der Waals surface area contributed by atoms with E-state index in [-0.39, 0.29) is 12.4 Å². The third-order valence-corrected chi connectivity index (χ3v) is 3.34. The number of nitrogens with two attached hydrogens (primary N) is 1. The second-order valence-electron chi connectivity index (χ2n) is 3.91. The summed E-state index contributed by atoms with van der Waals surface area (Å²) in [6.45, 7) is 2.13. The second-order valence-corrected chi connectivity index (χ2v) is 4.95. The molecule has 0 fully saturated rings. The van der Waals surface area contributed by atoms with E-state index < -0.39 is 6.10 Å². The number of nitrogens with zero attached hydrogens (tertiary/aromatic N) is 2. The molecule has 18 heavy (non-hydrogen) atoms. The fourth-order valence-corrected chi connectivity index (χ4v) is 2.27. The van der Waals surface area contributed by atoms with E-state index in [1.807, 2.05) is 25.1 Å². The molecule has 6 heteroatoms. The monoisotopic (exact) mass is 265 g/mol. The van der Waals surface area contributed by atoms with Crippen LogP contribution in [0, 0.1) is 6.92 Å². The molecular formula is C12H15N3O2S. The van der Waals surface area contributed by atoms with Gasteiger partial charge in [-0.05, 0) is 19.1 Å². The van der Waals surface area contributed by atoms with E-state index in [1.54, 1.807) is 11.8 Å². The fraction of sp³-hybridized carbons (Fsp3) is 0.333. The number of aliphatic hydroxyl groups is 1. The van der Waals surface area contributed by atoms with Crippen molar-refractivity contribution in [1.82, 2.24) is 10.1 Å². The predicted octanol–water partition coefficient (Wildman–Crippen LogP) is 1.66. The van der Waals surface area contributed by atoms with E-state index in [0.717, 1.165) is 4.90 Å². The maximum absolute atomic E-state index is 9.44. The number of hydrogen-bond acceptors (Lipinski definition) is 6. The zero-order valence-electron chi connectivity index (χ0n) is 10.0. The molecule has 0 saturated heterocycles. The maximum atomic E-state index is 9.44. The summed E-state index contributed by atoms with van der Waals surface area (Å²) in [5.74, 6) is 1.34. The molecule has 2 aromatic rings. The fourth-order valence-electron chi connectivity index (χ4n) is 1.42. The molecule has 1 aromatic heterocycles. The van der Waals surface area contributed by atoms with Crippen LogP contribution in [0.25, 0.3) is 0 Å². The summed E-state index contributed by atoms with van der Waals surface area (Å²) in [6, 6.07) is 8.19. The molecule has 0 saturated carbocycles. The summed E-state index contributed by atoms with van der Waals surface area (Å²) in [6.07, 6.45) is -0.879. The van der Waals surface area contributed by atoms with E-state index in [1.165, 1.54) is 5.56 Å². The SMILES string of the molecule is Cc1cccc(SCc2noc([C@@H](O)CN)n2)c1. The Morgan fingerprint density at radius 1 is 1.50 bits per heavy atom.